The van der Waals surface area contributed by atoms with Crippen molar-refractivity contribution >= 4 is 35.0 Å². The molecule has 0 bridgehead atoms. The van der Waals surface area contributed by atoms with E-state index in [1.807, 2.05) is 30.3 Å². The van der Waals surface area contributed by atoms with Gasteiger partial charge in [0.15, 0.2) is 5.82 Å². The van der Waals surface area contributed by atoms with Crippen molar-refractivity contribution in [1.82, 2.24) is 20.1 Å². The van der Waals surface area contributed by atoms with Crippen LogP contribution in [0.4, 0.5) is 4.39 Å². The van der Waals surface area contributed by atoms with E-state index in [1.54, 1.807) is 6.07 Å². The number of pyridine rings is 1. The summed E-state index contributed by atoms with van der Waals surface area (Å²) >= 11 is 12.3. The van der Waals surface area contributed by atoms with E-state index in [0.717, 1.165) is 5.56 Å². The number of aromatic nitrogens is 3. The SMILES string of the molecule is NC(=O)C1(C(Cc2ccccc2)NC(=O)c2cccnc2-n2ccc(-c3c(F)ccc(Cl)c3Cl)n2)OC=CO1. The normalized spacial score (nSPS) is 14.3. The molecule has 0 saturated heterocycles. The van der Waals surface area contributed by atoms with Gasteiger partial charge in [-0.05, 0) is 35.9 Å². The van der Waals surface area contributed by atoms with Crippen LogP contribution in [-0.4, -0.2) is 38.4 Å². The van der Waals surface area contributed by atoms with Crippen LogP contribution in [0.5, 0.6) is 0 Å². The summed E-state index contributed by atoms with van der Waals surface area (Å²) in [6, 6.07) is 15.3. The van der Waals surface area contributed by atoms with Crippen LogP contribution in [0.15, 0.2) is 85.6 Å². The van der Waals surface area contributed by atoms with E-state index >= 15 is 0 Å². The van der Waals surface area contributed by atoms with Gasteiger partial charge in [-0.15, -0.1) is 0 Å². The van der Waals surface area contributed by atoms with Crippen LogP contribution in [0, 0.1) is 5.82 Å². The number of hydrogen-bond donors (Lipinski definition) is 2. The van der Waals surface area contributed by atoms with Gasteiger partial charge in [0.2, 0.25) is 0 Å². The second-order valence-electron chi connectivity index (χ2n) is 8.49. The van der Waals surface area contributed by atoms with E-state index < -0.39 is 29.5 Å². The fourth-order valence-electron chi connectivity index (χ4n) is 4.20. The molecule has 3 N–H and O–H groups in total. The van der Waals surface area contributed by atoms with E-state index in [0.29, 0.717) is 0 Å². The van der Waals surface area contributed by atoms with Crippen LogP contribution in [0.1, 0.15) is 15.9 Å². The summed E-state index contributed by atoms with van der Waals surface area (Å²) in [6.45, 7) is 0. The smallest absolute Gasteiger partial charge is 0.352 e. The number of nitrogens with two attached hydrogens (primary N) is 1. The van der Waals surface area contributed by atoms with Gasteiger partial charge < -0.3 is 20.5 Å². The van der Waals surface area contributed by atoms with E-state index in [2.05, 4.69) is 15.4 Å². The molecule has 12 heteroatoms. The number of carbonyl (C=O) groups excluding carboxylic acids is 2. The first-order chi connectivity index (χ1) is 18.8. The lowest BCUT2D eigenvalue weighted by Crippen LogP contribution is -2.61. The average Bonchev–Trinajstić information content (AvgIpc) is 3.63. The topological polar surface area (TPSA) is 121 Å². The molecule has 1 aliphatic heterocycles. The third kappa shape index (κ3) is 5.04. The summed E-state index contributed by atoms with van der Waals surface area (Å²) in [6.07, 6.45) is 5.52. The number of nitrogens with one attached hydrogen (secondary N) is 1. The van der Waals surface area contributed by atoms with Crippen LogP contribution < -0.4 is 11.1 Å². The lowest BCUT2D eigenvalue weighted by atomic mass is 9.97. The maximum atomic E-state index is 14.6. The highest BCUT2D eigenvalue weighted by Crippen LogP contribution is 2.35. The highest BCUT2D eigenvalue weighted by molar-refractivity contribution is 6.43. The fourth-order valence-corrected chi connectivity index (χ4v) is 4.61. The molecule has 0 saturated carbocycles. The minimum absolute atomic E-state index is 0.00609. The van der Waals surface area contributed by atoms with Gasteiger partial charge in [0, 0.05) is 18.8 Å². The van der Waals surface area contributed by atoms with E-state index in [1.165, 1.54) is 53.9 Å². The molecule has 0 fully saturated rings. The minimum atomic E-state index is -1.96. The highest BCUT2D eigenvalue weighted by atomic mass is 35.5. The standard InChI is InChI=1S/C27H20Cl2FN5O4/c28-18-8-9-19(30)22(23(18)29)20-10-12-35(34-20)24-17(7-4-11-32-24)25(36)33-21(15-16-5-2-1-3-6-16)27(26(31)37)38-13-14-39-27/h1-14,21H,15H2,(H2,31,37)(H,33,36). The summed E-state index contributed by atoms with van der Waals surface area (Å²) in [5.41, 5.74) is 6.76. The summed E-state index contributed by atoms with van der Waals surface area (Å²) in [5.74, 6) is -3.97. The lowest BCUT2D eigenvalue weighted by molar-refractivity contribution is -0.182. The molecule has 2 aromatic heterocycles. The van der Waals surface area contributed by atoms with Crippen LogP contribution in [0.25, 0.3) is 17.1 Å². The number of primary amides is 1. The second-order valence-corrected chi connectivity index (χ2v) is 9.28. The molecule has 5 rings (SSSR count). The summed E-state index contributed by atoms with van der Waals surface area (Å²) in [7, 11) is 0. The van der Waals surface area contributed by atoms with Crippen molar-refractivity contribution in [3.8, 4) is 17.1 Å². The van der Waals surface area contributed by atoms with Gasteiger partial charge in [-0.1, -0.05) is 53.5 Å². The Bertz CT molecular complexity index is 1570. The third-order valence-corrected chi connectivity index (χ3v) is 6.87. The molecule has 1 atom stereocenters. The van der Waals surface area contributed by atoms with Gasteiger partial charge in [0.25, 0.3) is 5.91 Å². The Labute approximate surface area is 232 Å². The summed E-state index contributed by atoms with van der Waals surface area (Å²) in [4.78, 5) is 30.4. The quantitative estimate of drug-likeness (QED) is 0.304. The summed E-state index contributed by atoms with van der Waals surface area (Å²) in [5, 5.41) is 7.36. The van der Waals surface area contributed by atoms with E-state index in [4.69, 9.17) is 38.4 Å². The van der Waals surface area contributed by atoms with Crippen molar-refractivity contribution in [2.75, 3.05) is 0 Å². The third-order valence-electron chi connectivity index (χ3n) is 6.07. The van der Waals surface area contributed by atoms with Gasteiger partial charge in [0.05, 0.1) is 26.9 Å². The van der Waals surface area contributed by atoms with Crippen molar-refractivity contribution in [3.05, 3.63) is 113 Å². The predicted octanol–water partition coefficient (Wildman–Crippen LogP) is 4.42. The number of hydrogen-bond acceptors (Lipinski definition) is 6. The maximum absolute atomic E-state index is 14.6. The zero-order valence-electron chi connectivity index (χ0n) is 20.1. The molecule has 0 spiro atoms. The van der Waals surface area contributed by atoms with Gasteiger partial charge in [-0.2, -0.15) is 5.10 Å². The average molecular weight is 568 g/mol. The zero-order valence-corrected chi connectivity index (χ0v) is 21.6. The number of rotatable bonds is 8. The molecule has 1 unspecified atom stereocenters. The van der Waals surface area contributed by atoms with E-state index in [9.17, 15) is 14.0 Å². The monoisotopic (exact) mass is 567 g/mol. The molecular weight excluding hydrogens is 548 g/mol. The molecule has 4 aromatic rings. The van der Waals surface area contributed by atoms with Crippen LogP contribution >= 0.6 is 23.2 Å². The number of nitrogens with zero attached hydrogens (tertiary/aromatic N) is 3. The zero-order chi connectivity index (χ0) is 27.6. The molecule has 2 aromatic carbocycles. The van der Waals surface area contributed by atoms with Crippen molar-refractivity contribution in [3.63, 3.8) is 0 Å². The first-order valence-corrected chi connectivity index (χ1v) is 12.4. The number of ether oxygens (including phenoxy) is 2. The Hall–Kier alpha value is -4.41. The van der Waals surface area contributed by atoms with Crippen molar-refractivity contribution < 1.29 is 23.5 Å². The molecule has 0 radical (unpaired) electrons. The first-order valence-electron chi connectivity index (χ1n) is 11.6. The fraction of sp³-hybridized carbons (Fsp3) is 0.111. The highest BCUT2D eigenvalue weighted by Gasteiger charge is 2.51. The van der Waals surface area contributed by atoms with Crippen LogP contribution in [-0.2, 0) is 20.7 Å². The molecule has 3 heterocycles. The minimum Gasteiger partial charge on any atom is -0.447 e. The lowest BCUT2D eigenvalue weighted by Gasteiger charge is -2.33. The van der Waals surface area contributed by atoms with Crippen LogP contribution in [0.3, 0.4) is 0 Å². The van der Waals surface area contributed by atoms with Gasteiger partial charge in [0.1, 0.15) is 24.4 Å². The molecule has 9 nitrogen and oxygen atoms in total. The Morgan fingerprint density at radius 2 is 1.79 bits per heavy atom. The number of halogens is 3. The first kappa shape index (κ1) is 26.2. The van der Waals surface area contributed by atoms with Crippen molar-refractivity contribution in [2.45, 2.75) is 18.2 Å². The van der Waals surface area contributed by atoms with Crippen molar-refractivity contribution in [2.24, 2.45) is 5.73 Å². The molecular formula is C27H20Cl2FN5O4. The van der Waals surface area contributed by atoms with Gasteiger partial charge in [-0.3, -0.25) is 9.59 Å². The Kier molecular flexibility index (Phi) is 7.23. The predicted molar refractivity (Wildman–Crippen MR) is 141 cm³/mol. The van der Waals surface area contributed by atoms with Crippen LogP contribution in [0.2, 0.25) is 10.0 Å². The molecule has 1 aliphatic rings. The number of carbonyl (C=O) groups is 2. The van der Waals surface area contributed by atoms with E-state index in [-0.39, 0.29) is 39.1 Å². The molecule has 2 amide bonds. The van der Waals surface area contributed by atoms with Gasteiger partial charge >= 0.3 is 11.7 Å². The molecule has 39 heavy (non-hydrogen) atoms. The Balaban J connectivity index is 1.49. The largest absolute Gasteiger partial charge is 0.447 e. The Morgan fingerprint density at radius 1 is 1.05 bits per heavy atom. The molecule has 198 valence electrons. The van der Waals surface area contributed by atoms with Gasteiger partial charge in [-0.25, -0.2) is 14.1 Å². The van der Waals surface area contributed by atoms with Crippen molar-refractivity contribution in [1.29, 1.82) is 0 Å². The summed E-state index contributed by atoms with van der Waals surface area (Å²) < 4.78 is 26.9. The maximum Gasteiger partial charge on any atom is 0.352 e. The number of amides is 2. The Morgan fingerprint density at radius 3 is 2.51 bits per heavy atom. The second kappa shape index (κ2) is 10.8. The molecule has 0 aliphatic carbocycles. The number of benzene rings is 2.